The summed E-state index contributed by atoms with van der Waals surface area (Å²) >= 11 is 0. The van der Waals surface area contributed by atoms with E-state index in [0.29, 0.717) is 24.7 Å². The number of hydrogen-bond acceptors (Lipinski definition) is 5. The first-order chi connectivity index (χ1) is 9.58. The predicted octanol–water partition coefficient (Wildman–Crippen LogP) is 0.890. The summed E-state index contributed by atoms with van der Waals surface area (Å²) in [6.45, 7) is 2.46. The Balaban J connectivity index is 2.57. The fraction of sp³-hybridized carbons (Fsp3) is 0.500. The van der Waals surface area contributed by atoms with Crippen molar-refractivity contribution in [2.45, 2.75) is 13.0 Å². The van der Waals surface area contributed by atoms with E-state index in [-0.39, 0.29) is 12.5 Å². The molecule has 1 aromatic carbocycles. The van der Waals surface area contributed by atoms with Gasteiger partial charge in [0, 0.05) is 13.7 Å². The number of methoxy groups -OCH3 is 2. The van der Waals surface area contributed by atoms with Crippen LogP contribution in [-0.4, -0.2) is 45.0 Å². The number of aliphatic hydroxyl groups excluding tert-OH is 1. The second kappa shape index (κ2) is 8.39. The molecule has 1 amide bonds. The Morgan fingerprint density at radius 2 is 2.10 bits per heavy atom. The van der Waals surface area contributed by atoms with Gasteiger partial charge in [-0.2, -0.15) is 0 Å². The molecule has 6 heteroatoms. The first-order valence-corrected chi connectivity index (χ1v) is 6.33. The number of hydrogen-bond donors (Lipinski definition) is 2. The molecular formula is C14H21NO5. The van der Waals surface area contributed by atoms with Gasteiger partial charge in [0.05, 0.1) is 19.8 Å². The second-order valence-electron chi connectivity index (χ2n) is 4.22. The van der Waals surface area contributed by atoms with Crippen molar-refractivity contribution in [1.82, 2.24) is 5.32 Å². The van der Waals surface area contributed by atoms with Crippen LogP contribution >= 0.6 is 0 Å². The zero-order chi connectivity index (χ0) is 15.0. The number of aliphatic hydroxyl groups is 1. The van der Waals surface area contributed by atoms with E-state index in [1.807, 2.05) is 0 Å². The zero-order valence-corrected chi connectivity index (χ0v) is 12.0. The summed E-state index contributed by atoms with van der Waals surface area (Å²) in [5, 5.41) is 12.2. The van der Waals surface area contributed by atoms with Crippen molar-refractivity contribution in [3.05, 3.63) is 23.8 Å². The molecule has 0 saturated carbocycles. The molecule has 6 nitrogen and oxygen atoms in total. The van der Waals surface area contributed by atoms with E-state index < -0.39 is 6.10 Å². The number of ether oxygens (including phenoxy) is 3. The largest absolute Gasteiger partial charge is 0.493 e. The number of amides is 1. The van der Waals surface area contributed by atoms with Crippen molar-refractivity contribution >= 4 is 5.91 Å². The molecule has 0 unspecified atom stereocenters. The first-order valence-electron chi connectivity index (χ1n) is 6.33. The van der Waals surface area contributed by atoms with E-state index >= 15 is 0 Å². The highest BCUT2D eigenvalue weighted by molar-refractivity contribution is 5.77. The minimum Gasteiger partial charge on any atom is -0.493 e. The van der Waals surface area contributed by atoms with E-state index in [4.69, 9.17) is 14.2 Å². The highest BCUT2D eigenvalue weighted by Crippen LogP contribution is 2.30. The molecule has 1 rings (SSSR count). The minimum absolute atomic E-state index is 0.103. The lowest BCUT2D eigenvalue weighted by molar-refractivity contribution is -0.123. The number of benzene rings is 1. The predicted molar refractivity (Wildman–Crippen MR) is 74.0 cm³/mol. The van der Waals surface area contributed by atoms with Gasteiger partial charge >= 0.3 is 0 Å². The SMILES string of the molecule is COCCNC(=O)COc1ccc([C@H](C)O)cc1OC. The smallest absolute Gasteiger partial charge is 0.258 e. The average molecular weight is 283 g/mol. The topological polar surface area (TPSA) is 77.0 Å². The Kier molecular flexibility index (Phi) is 6.83. The van der Waals surface area contributed by atoms with Gasteiger partial charge in [-0.1, -0.05) is 6.07 Å². The second-order valence-corrected chi connectivity index (χ2v) is 4.22. The van der Waals surface area contributed by atoms with Crippen molar-refractivity contribution in [3.8, 4) is 11.5 Å². The van der Waals surface area contributed by atoms with Gasteiger partial charge in [-0.3, -0.25) is 4.79 Å². The van der Waals surface area contributed by atoms with E-state index in [2.05, 4.69) is 5.32 Å². The average Bonchev–Trinajstić information content (AvgIpc) is 2.45. The Hall–Kier alpha value is -1.79. The Bertz CT molecular complexity index is 434. The maximum absolute atomic E-state index is 11.5. The van der Waals surface area contributed by atoms with Gasteiger partial charge in [-0.25, -0.2) is 0 Å². The standard InChI is InChI=1S/C14H21NO5/c1-10(16)11-4-5-12(13(8-11)19-3)20-9-14(17)15-6-7-18-2/h4-5,8,10,16H,6-7,9H2,1-3H3,(H,15,17)/t10-/m0/s1. The van der Waals surface area contributed by atoms with Crippen LogP contribution in [0.5, 0.6) is 11.5 Å². The number of nitrogens with one attached hydrogen (secondary N) is 1. The maximum Gasteiger partial charge on any atom is 0.258 e. The van der Waals surface area contributed by atoms with E-state index in [1.54, 1.807) is 32.2 Å². The van der Waals surface area contributed by atoms with Crippen LogP contribution in [0.1, 0.15) is 18.6 Å². The third-order valence-corrected chi connectivity index (χ3v) is 2.66. The molecule has 1 atom stereocenters. The quantitative estimate of drug-likeness (QED) is 0.693. The molecule has 0 heterocycles. The summed E-state index contributed by atoms with van der Waals surface area (Å²) < 4.78 is 15.4. The molecule has 0 saturated heterocycles. The fourth-order valence-electron chi connectivity index (χ4n) is 1.55. The molecule has 0 aromatic heterocycles. The monoisotopic (exact) mass is 283 g/mol. The van der Waals surface area contributed by atoms with Crippen LogP contribution in [0.4, 0.5) is 0 Å². The summed E-state index contributed by atoms with van der Waals surface area (Å²) in [5.41, 5.74) is 0.721. The third-order valence-electron chi connectivity index (χ3n) is 2.66. The van der Waals surface area contributed by atoms with Gasteiger partial charge in [0.1, 0.15) is 0 Å². The van der Waals surface area contributed by atoms with Gasteiger partial charge in [-0.05, 0) is 24.6 Å². The van der Waals surface area contributed by atoms with E-state index in [1.165, 1.54) is 7.11 Å². The number of rotatable bonds is 8. The molecule has 112 valence electrons. The normalized spacial score (nSPS) is 11.8. The van der Waals surface area contributed by atoms with Crippen LogP contribution < -0.4 is 14.8 Å². The minimum atomic E-state index is -0.588. The molecule has 0 aliphatic carbocycles. The van der Waals surface area contributed by atoms with Crippen molar-refractivity contribution in [2.75, 3.05) is 34.0 Å². The van der Waals surface area contributed by atoms with Gasteiger partial charge in [-0.15, -0.1) is 0 Å². The number of carbonyl (C=O) groups is 1. The van der Waals surface area contributed by atoms with Crippen LogP contribution in [0, 0.1) is 0 Å². The lowest BCUT2D eigenvalue weighted by Gasteiger charge is -2.13. The molecule has 0 spiro atoms. The van der Waals surface area contributed by atoms with Gasteiger partial charge in [0.2, 0.25) is 0 Å². The van der Waals surface area contributed by atoms with Crippen LogP contribution in [0.25, 0.3) is 0 Å². The third kappa shape index (κ3) is 5.07. The summed E-state index contributed by atoms with van der Waals surface area (Å²) in [6.07, 6.45) is -0.588. The molecule has 0 aliphatic rings. The lowest BCUT2D eigenvalue weighted by atomic mass is 10.1. The summed E-state index contributed by atoms with van der Waals surface area (Å²) in [7, 11) is 3.07. The lowest BCUT2D eigenvalue weighted by Crippen LogP contribution is -2.31. The van der Waals surface area contributed by atoms with Gasteiger partial charge < -0.3 is 24.6 Å². The van der Waals surface area contributed by atoms with E-state index in [0.717, 1.165) is 5.56 Å². The van der Waals surface area contributed by atoms with Crippen molar-refractivity contribution < 1.29 is 24.1 Å². The molecule has 1 aromatic rings. The van der Waals surface area contributed by atoms with Crippen LogP contribution in [0.3, 0.4) is 0 Å². The molecule has 2 N–H and O–H groups in total. The Labute approximate surface area is 118 Å². The molecule has 0 bridgehead atoms. The first kappa shape index (κ1) is 16.3. The highest BCUT2D eigenvalue weighted by atomic mass is 16.5. The summed E-state index contributed by atoms with van der Waals surface area (Å²) in [5.74, 6) is 0.704. The maximum atomic E-state index is 11.5. The molecule has 0 aliphatic heterocycles. The molecular weight excluding hydrogens is 262 g/mol. The highest BCUT2D eigenvalue weighted by Gasteiger charge is 2.10. The van der Waals surface area contributed by atoms with Crippen molar-refractivity contribution in [2.24, 2.45) is 0 Å². The zero-order valence-electron chi connectivity index (χ0n) is 12.0. The molecule has 20 heavy (non-hydrogen) atoms. The van der Waals surface area contributed by atoms with Crippen LogP contribution in [0.2, 0.25) is 0 Å². The summed E-state index contributed by atoms with van der Waals surface area (Å²) in [4.78, 5) is 11.5. The Morgan fingerprint density at radius 3 is 2.70 bits per heavy atom. The molecule has 0 radical (unpaired) electrons. The van der Waals surface area contributed by atoms with Gasteiger partial charge in [0.15, 0.2) is 18.1 Å². The van der Waals surface area contributed by atoms with Crippen LogP contribution in [0.15, 0.2) is 18.2 Å². The Morgan fingerprint density at radius 1 is 1.35 bits per heavy atom. The van der Waals surface area contributed by atoms with Crippen LogP contribution in [-0.2, 0) is 9.53 Å². The number of carbonyl (C=O) groups excluding carboxylic acids is 1. The molecule has 0 fully saturated rings. The fourth-order valence-corrected chi connectivity index (χ4v) is 1.55. The van der Waals surface area contributed by atoms with Crippen molar-refractivity contribution in [1.29, 1.82) is 0 Å². The van der Waals surface area contributed by atoms with E-state index in [9.17, 15) is 9.90 Å². The van der Waals surface area contributed by atoms with Crippen molar-refractivity contribution in [3.63, 3.8) is 0 Å². The van der Waals surface area contributed by atoms with Gasteiger partial charge in [0.25, 0.3) is 5.91 Å². The summed E-state index contributed by atoms with van der Waals surface area (Å²) in [6, 6.07) is 5.08.